The van der Waals surface area contributed by atoms with Crippen molar-refractivity contribution < 1.29 is 4.39 Å². The number of aromatic nitrogens is 2. The Kier molecular flexibility index (Phi) is 3.21. The van der Waals surface area contributed by atoms with Crippen LogP contribution >= 0.6 is 12.2 Å². The number of hydrogen-bond donors (Lipinski definition) is 1. The number of hydrogen-bond acceptors (Lipinski definition) is 1. The average molecular weight is 278 g/mol. The Labute approximate surface area is 117 Å². The zero-order chi connectivity index (χ0) is 13.6. The molecule has 1 N–H and O–H groups in total. The third-order valence-electron chi connectivity index (χ3n) is 4.40. The highest BCUT2D eigenvalue weighted by molar-refractivity contribution is 7.71. The smallest absolute Gasteiger partial charge is 0.178 e. The number of H-pyrrole nitrogens is 1. The summed E-state index contributed by atoms with van der Waals surface area (Å²) in [5, 5.41) is 0. The minimum atomic E-state index is -0.202. The van der Waals surface area contributed by atoms with Crippen molar-refractivity contribution in [3.8, 4) is 0 Å². The zero-order valence-corrected chi connectivity index (χ0v) is 12.1. The molecule has 3 atom stereocenters. The molecule has 1 fully saturated rings. The van der Waals surface area contributed by atoms with Gasteiger partial charge in [0.05, 0.1) is 11.0 Å². The van der Waals surface area contributed by atoms with Crippen LogP contribution in [0.4, 0.5) is 4.39 Å². The lowest BCUT2D eigenvalue weighted by Crippen LogP contribution is -2.24. The van der Waals surface area contributed by atoms with Crippen molar-refractivity contribution in [1.29, 1.82) is 0 Å². The van der Waals surface area contributed by atoms with Gasteiger partial charge >= 0.3 is 0 Å². The van der Waals surface area contributed by atoms with Gasteiger partial charge in [-0.05, 0) is 61.5 Å². The fraction of sp³-hybridized carbons (Fsp3) is 0.533. The Morgan fingerprint density at radius 2 is 2.11 bits per heavy atom. The monoisotopic (exact) mass is 278 g/mol. The van der Waals surface area contributed by atoms with E-state index in [2.05, 4.69) is 23.4 Å². The molecule has 1 aromatic heterocycles. The van der Waals surface area contributed by atoms with Crippen molar-refractivity contribution in [2.75, 3.05) is 0 Å². The molecule has 1 aliphatic rings. The van der Waals surface area contributed by atoms with E-state index in [-0.39, 0.29) is 5.82 Å². The van der Waals surface area contributed by atoms with E-state index < -0.39 is 0 Å². The predicted molar refractivity (Wildman–Crippen MR) is 78.3 cm³/mol. The van der Waals surface area contributed by atoms with E-state index in [0.717, 1.165) is 23.4 Å². The van der Waals surface area contributed by atoms with Crippen LogP contribution in [0.25, 0.3) is 11.0 Å². The van der Waals surface area contributed by atoms with E-state index in [1.165, 1.54) is 18.9 Å². The van der Waals surface area contributed by atoms with Crippen molar-refractivity contribution in [2.24, 2.45) is 11.8 Å². The Bertz CT molecular complexity index is 658. The van der Waals surface area contributed by atoms with Gasteiger partial charge in [0, 0.05) is 6.04 Å². The number of imidazole rings is 1. The summed E-state index contributed by atoms with van der Waals surface area (Å²) in [5.74, 6) is 1.16. The highest BCUT2D eigenvalue weighted by Gasteiger charge is 2.28. The first-order chi connectivity index (χ1) is 9.06. The first-order valence-corrected chi connectivity index (χ1v) is 7.37. The highest BCUT2D eigenvalue weighted by Crippen LogP contribution is 2.38. The van der Waals surface area contributed by atoms with Crippen LogP contribution in [0.15, 0.2) is 18.2 Å². The van der Waals surface area contributed by atoms with Gasteiger partial charge in [-0.3, -0.25) is 0 Å². The Balaban J connectivity index is 2.11. The minimum absolute atomic E-state index is 0.202. The maximum atomic E-state index is 13.5. The summed E-state index contributed by atoms with van der Waals surface area (Å²) in [7, 11) is 0. The van der Waals surface area contributed by atoms with Crippen LogP contribution in [0.3, 0.4) is 0 Å². The second kappa shape index (κ2) is 4.75. The van der Waals surface area contributed by atoms with Crippen LogP contribution in [-0.2, 0) is 0 Å². The van der Waals surface area contributed by atoms with Gasteiger partial charge in [0.2, 0.25) is 0 Å². The molecule has 19 heavy (non-hydrogen) atoms. The van der Waals surface area contributed by atoms with Crippen LogP contribution in [-0.4, -0.2) is 9.55 Å². The first-order valence-electron chi connectivity index (χ1n) is 6.96. The number of benzene rings is 1. The Morgan fingerprint density at radius 3 is 2.84 bits per heavy atom. The topological polar surface area (TPSA) is 20.7 Å². The number of halogens is 1. The van der Waals surface area contributed by atoms with Gasteiger partial charge in [-0.25, -0.2) is 4.39 Å². The summed E-state index contributed by atoms with van der Waals surface area (Å²) in [5.41, 5.74) is 1.83. The van der Waals surface area contributed by atoms with E-state index in [1.807, 2.05) is 0 Å². The van der Waals surface area contributed by atoms with Crippen LogP contribution in [0, 0.1) is 22.4 Å². The molecule has 3 unspecified atom stereocenters. The average Bonchev–Trinajstić information content (AvgIpc) is 2.65. The second-order valence-corrected chi connectivity index (χ2v) is 6.31. The van der Waals surface area contributed by atoms with Crippen LogP contribution in [0.1, 0.15) is 39.2 Å². The van der Waals surface area contributed by atoms with Crippen LogP contribution in [0.2, 0.25) is 0 Å². The lowest BCUT2D eigenvalue weighted by Gasteiger charge is -2.33. The van der Waals surface area contributed by atoms with Crippen molar-refractivity contribution in [1.82, 2.24) is 9.55 Å². The molecule has 0 radical (unpaired) electrons. The Morgan fingerprint density at radius 1 is 1.32 bits per heavy atom. The summed E-state index contributed by atoms with van der Waals surface area (Å²) in [6, 6.07) is 5.23. The van der Waals surface area contributed by atoms with E-state index in [9.17, 15) is 4.39 Å². The molecule has 2 nitrogen and oxygen atoms in total. The van der Waals surface area contributed by atoms with E-state index in [1.54, 1.807) is 12.1 Å². The standard InChI is InChI=1S/C15H19FN2S/c1-9-3-6-13(10(2)7-9)18-14-8-11(16)4-5-12(14)17-15(18)19/h4-5,8-10,13H,3,6-7H2,1-2H3,(H,17,19). The fourth-order valence-electron chi connectivity index (χ4n) is 3.46. The number of nitrogens with zero attached hydrogens (tertiary/aromatic N) is 1. The molecule has 0 saturated heterocycles. The number of fused-ring (bicyclic) bond motifs is 1. The third kappa shape index (κ3) is 2.22. The third-order valence-corrected chi connectivity index (χ3v) is 4.70. The lowest BCUT2D eigenvalue weighted by molar-refractivity contribution is 0.210. The van der Waals surface area contributed by atoms with E-state index >= 15 is 0 Å². The summed E-state index contributed by atoms with van der Waals surface area (Å²) in [6.07, 6.45) is 3.56. The van der Waals surface area contributed by atoms with Crippen LogP contribution in [0.5, 0.6) is 0 Å². The Hall–Kier alpha value is -1.16. The molecule has 0 aliphatic heterocycles. The van der Waals surface area contributed by atoms with Gasteiger partial charge in [-0.15, -0.1) is 0 Å². The van der Waals surface area contributed by atoms with Gasteiger partial charge in [0.15, 0.2) is 4.77 Å². The van der Waals surface area contributed by atoms with Gasteiger partial charge in [0.25, 0.3) is 0 Å². The largest absolute Gasteiger partial charge is 0.331 e. The summed E-state index contributed by atoms with van der Waals surface area (Å²) in [6.45, 7) is 4.58. The SMILES string of the molecule is CC1CCC(n2c(=S)[nH]c3ccc(F)cc32)C(C)C1. The number of nitrogens with one attached hydrogen (secondary N) is 1. The van der Waals surface area contributed by atoms with Crippen molar-refractivity contribution in [3.63, 3.8) is 0 Å². The van der Waals surface area contributed by atoms with Crippen molar-refractivity contribution in [3.05, 3.63) is 28.8 Å². The molecule has 102 valence electrons. The first kappa shape index (κ1) is 12.9. The fourth-order valence-corrected chi connectivity index (χ4v) is 3.80. The molecule has 0 amide bonds. The molecule has 3 rings (SSSR count). The molecular formula is C15H19FN2S. The van der Waals surface area contributed by atoms with E-state index in [0.29, 0.717) is 16.7 Å². The normalized spacial score (nSPS) is 27.8. The molecule has 1 aromatic carbocycles. The van der Waals surface area contributed by atoms with Gasteiger partial charge in [-0.2, -0.15) is 0 Å². The quantitative estimate of drug-likeness (QED) is 0.741. The van der Waals surface area contributed by atoms with Gasteiger partial charge in [0.1, 0.15) is 5.82 Å². The van der Waals surface area contributed by atoms with Gasteiger partial charge < -0.3 is 9.55 Å². The number of aromatic amines is 1. The molecule has 1 heterocycles. The van der Waals surface area contributed by atoms with Crippen molar-refractivity contribution >= 4 is 23.3 Å². The molecule has 1 aliphatic carbocycles. The molecule has 2 aromatic rings. The second-order valence-electron chi connectivity index (χ2n) is 5.92. The van der Waals surface area contributed by atoms with E-state index in [4.69, 9.17) is 12.2 Å². The maximum absolute atomic E-state index is 13.5. The molecule has 4 heteroatoms. The molecular weight excluding hydrogens is 259 g/mol. The predicted octanol–water partition coefficient (Wildman–Crippen LogP) is 4.84. The van der Waals surface area contributed by atoms with Gasteiger partial charge in [-0.1, -0.05) is 13.8 Å². The summed E-state index contributed by atoms with van der Waals surface area (Å²) in [4.78, 5) is 3.19. The number of rotatable bonds is 1. The molecule has 1 saturated carbocycles. The molecule has 0 spiro atoms. The summed E-state index contributed by atoms with van der Waals surface area (Å²) < 4.78 is 16.3. The highest BCUT2D eigenvalue weighted by atomic mass is 32.1. The maximum Gasteiger partial charge on any atom is 0.178 e. The minimum Gasteiger partial charge on any atom is -0.331 e. The summed E-state index contributed by atoms with van der Waals surface area (Å²) >= 11 is 5.44. The van der Waals surface area contributed by atoms with Crippen molar-refractivity contribution in [2.45, 2.75) is 39.2 Å². The zero-order valence-electron chi connectivity index (χ0n) is 11.3. The van der Waals surface area contributed by atoms with Crippen LogP contribution < -0.4 is 0 Å². The molecule has 0 bridgehead atoms. The lowest BCUT2D eigenvalue weighted by atomic mass is 9.79.